The normalized spacial score (nSPS) is 27.5. The zero-order valence-electron chi connectivity index (χ0n) is 13.7. The van der Waals surface area contributed by atoms with E-state index in [2.05, 4.69) is 52.2 Å². The van der Waals surface area contributed by atoms with Crippen molar-refractivity contribution < 1.29 is 0 Å². The molecule has 1 fully saturated rings. The van der Waals surface area contributed by atoms with Crippen molar-refractivity contribution in [2.45, 2.75) is 71.9 Å². The van der Waals surface area contributed by atoms with Crippen molar-refractivity contribution >= 4 is 0 Å². The fourth-order valence-electron chi connectivity index (χ4n) is 3.38. The molecule has 2 rings (SSSR count). The monoisotopic (exact) mass is 264 g/mol. The van der Waals surface area contributed by atoms with Gasteiger partial charge in [-0.3, -0.25) is 0 Å². The van der Waals surface area contributed by atoms with E-state index in [0.29, 0.717) is 0 Å². The average molecular weight is 264 g/mol. The molecule has 0 heterocycles. The Bertz CT molecular complexity index is 320. The second-order valence-corrected chi connectivity index (χ2v) is 8.46. The van der Waals surface area contributed by atoms with Gasteiger partial charge in [0.1, 0.15) is 0 Å². The first-order valence-corrected chi connectivity index (χ1v) is 7.87. The molecule has 2 bridgehead atoms. The molecule has 0 aromatic rings. The van der Waals surface area contributed by atoms with E-state index in [-0.39, 0.29) is 11.1 Å². The summed E-state index contributed by atoms with van der Waals surface area (Å²) in [5.41, 5.74) is 3.89. The van der Waals surface area contributed by atoms with E-state index in [1.807, 2.05) is 0 Å². The highest BCUT2D eigenvalue weighted by atomic mass is 15.0. The first kappa shape index (κ1) is 15.1. The Morgan fingerprint density at radius 2 is 1.16 bits per heavy atom. The van der Waals surface area contributed by atoms with E-state index in [9.17, 15) is 0 Å². The molecule has 2 nitrogen and oxygen atoms in total. The zero-order chi connectivity index (χ0) is 14.3. The summed E-state index contributed by atoms with van der Waals surface area (Å²) in [5.74, 6) is 1.74. The summed E-state index contributed by atoms with van der Waals surface area (Å²) in [5, 5.41) is 7.38. The number of nitrogens with one attached hydrogen (secondary N) is 2. The van der Waals surface area contributed by atoms with Crippen LogP contribution in [0.4, 0.5) is 0 Å². The Kier molecular flexibility index (Phi) is 4.13. The molecule has 110 valence electrons. The van der Waals surface area contributed by atoms with Crippen molar-refractivity contribution in [3.8, 4) is 0 Å². The highest BCUT2D eigenvalue weighted by molar-refractivity contribution is 5.31. The van der Waals surface area contributed by atoms with E-state index in [4.69, 9.17) is 0 Å². The van der Waals surface area contributed by atoms with Crippen molar-refractivity contribution in [3.05, 3.63) is 11.1 Å². The van der Waals surface area contributed by atoms with Crippen LogP contribution in [0.3, 0.4) is 0 Å². The molecule has 19 heavy (non-hydrogen) atoms. The maximum Gasteiger partial charge on any atom is 0.0175 e. The SMILES string of the molecule is CC(C)(C)NCC1=C(CNC(C)(C)C)[C@H]2CC[C@H]1C2. The predicted octanol–water partition coefficient (Wildman–Crippen LogP) is 3.49. The molecule has 1 saturated carbocycles. The molecule has 0 aromatic heterocycles. The van der Waals surface area contributed by atoms with E-state index < -0.39 is 0 Å². The van der Waals surface area contributed by atoms with Gasteiger partial charge in [0.15, 0.2) is 0 Å². The van der Waals surface area contributed by atoms with Gasteiger partial charge in [0.25, 0.3) is 0 Å². The molecule has 0 spiro atoms. The quantitative estimate of drug-likeness (QED) is 0.760. The summed E-state index contributed by atoms with van der Waals surface area (Å²) < 4.78 is 0. The maximum absolute atomic E-state index is 3.69. The van der Waals surface area contributed by atoms with Gasteiger partial charge in [-0.1, -0.05) is 11.1 Å². The van der Waals surface area contributed by atoms with Crippen LogP contribution in [0.1, 0.15) is 60.8 Å². The third-order valence-corrected chi connectivity index (χ3v) is 4.45. The lowest BCUT2D eigenvalue weighted by atomic mass is 9.90. The number of hydrogen-bond acceptors (Lipinski definition) is 2. The molecule has 2 aliphatic carbocycles. The lowest BCUT2D eigenvalue weighted by Gasteiger charge is -2.28. The highest BCUT2D eigenvalue weighted by Crippen LogP contribution is 2.48. The van der Waals surface area contributed by atoms with Gasteiger partial charge in [-0.05, 0) is 72.6 Å². The van der Waals surface area contributed by atoms with Crippen LogP contribution in [0.2, 0.25) is 0 Å². The van der Waals surface area contributed by atoms with Crippen LogP contribution in [0, 0.1) is 11.8 Å². The van der Waals surface area contributed by atoms with Crippen LogP contribution < -0.4 is 10.6 Å². The second-order valence-electron chi connectivity index (χ2n) is 8.46. The molecule has 2 N–H and O–H groups in total. The van der Waals surface area contributed by atoms with Crippen LogP contribution in [0.15, 0.2) is 11.1 Å². The summed E-state index contributed by atoms with van der Waals surface area (Å²) in [6, 6.07) is 0. The number of hydrogen-bond donors (Lipinski definition) is 2. The van der Waals surface area contributed by atoms with Crippen LogP contribution in [-0.4, -0.2) is 24.2 Å². The minimum absolute atomic E-state index is 0.220. The molecule has 0 amide bonds. The fourth-order valence-corrected chi connectivity index (χ4v) is 3.38. The molecule has 0 saturated heterocycles. The molecule has 0 aliphatic heterocycles. The minimum atomic E-state index is 0.220. The lowest BCUT2D eigenvalue weighted by molar-refractivity contribution is 0.421. The molecule has 0 aromatic carbocycles. The highest BCUT2D eigenvalue weighted by Gasteiger charge is 2.38. The van der Waals surface area contributed by atoms with Gasteiger partial charge < -0.3 is 10.6 Å². The standard InChI is InChI=1S/C17H32N2/c1-16(2,3)18-10-14-12-7-8-13(9-12)15(14)11-19-17(4,5)6/h12-13,18-19H,7-11H2,1-6H3/t12-,13-/m0/s1. The van der Waals surface area contributed by atoms with Crippen LogP contribution in [0.5, 0.6) is 0 Å². The predicted molar refractivity (Wildman–Crippen MR) is 83.4 cm³/mol. The summed E-state index contributed by atoms with van der Waals surface area (Å²) in [4.78, 5) is 0. The summed E-state index contributed by atoms with van der Waals surface area (Å²) in [7, 11) is 0. The van der Waals surface area contributed by atoms with Gasteiger partial charge in [0, 0.05) is 24.2 Å². The van der Waals surface area contributed by atoms with E-state index >= 15 is 0 Å². The molecule has 0 unspecified atom stereocenters. The first-order valence-electron chi connectivity index (χ1n) is 7.87. The molecular formula is C17H32N2. The largest absolute Gasteiger partial charge is 0.308 e. The first-order chi connectivity index (χ1) is 8.66. The summed E-state index contributed by atoms with van der Waals surface area (Å²) in [6.45, 7) is 15.7. The Morgan fingerprint density at radius 3 is 1.47 bits per heavy atom. The minimum Gasteiger partial charge on any atom is -0.308 e. The summed E-state index contributed by atoms with van der Waals surface area (Å²) >= 11 is 0. The average Bonchev–Trinajstić information content (AvgIpc) is 2.81. The molecule has 2 atom stereocenters. The Hall–Kier alpha value is -0.340. The van der Waals surface area contributed by atoms with Crippen molar-refractivity contribution in [2.24, 2.45) is 11.8 Å². The summed E-state index contributed by atoms with van der Waals surface area (Å²) in [6.07, 6.45) is 4.26. The number of rotatable bonds is 4. The second kappa shape index (κ2) is 5.21. The van der Waals surface area contributed by atoms with Gasteiger partial charge in [-0.2, -0.15) is 0 Å². The van der Waals surface area contributed by atoms with Gasteiger partial charge in [-0.15, -0.1) is 0 Å². The molecule has 2 heteroatoms. The van der Waals surface area contributed by atoms with Gasteiger partial charge in [0.2, 0.25) is 0 Å². The van der Waals surface area contributed by atoms with E-state index in [0.717, 1.165) is 24.9 Å². The third-order valence-electron chi connectivity index (χ3n) is 4.45. The third kappa shape index (κ3) is 4.06. The van der Waals surface area contributed by atoms with Crippen molar-refractivity contribution in [2.75, 3.05) is 13.1 Å². The van der Waals surface area contributed by atoms with Crippen molar-refractivity contribution in [1.82, 2.24) is 10.6 Å². The molecular weight excluding hydrogens is 232 g/mol. The van der Waals surface area contributed by atoms with Gasteiger partial charge in [0.05, 0.1) is 0 Å². The van der Waals surface area contributed by atoms with E-state index in [1.54, 1.807) is 11.1 Å². The van der Waals surface area contributed by atoms with Gasteiger partial charge >= 0.3 is 0 Å². The Morgan fingerprint density at radius 1 is 0.789 bits per heavy atom. The smallest absolute Gasteiger partial charge is 0.0175 e. The lowest BCUT2D eigenvalue weighted by Crippen LogP contribution is -2.40. The molecule has 2 aliphatic rings. The van der Waals surface area contributed by atoms with Crippen LogP contribution >= 0.6 is 0 Å². The Labute approximate surface area is 119 Å². The fraction of sp³-hybridized carbons (Fsp3) is 0.882. The number of fused-ring (bicyclic) bond motifs is 2. The van der Waals surface area contributed by atoms with Crippen LogP contribution in [0.25, 0.3) is 0 Å². The Balaban J connectivity index is 2.03. The van der Waals surface area contributed by atoms with Crippen molar-refractivity contribution in [3.63, 3.8) is 0 Å². The molecule has 0 radical (unpaired) electrons. The van der Waals surface area contributed by atoms with Gasteiger partial charge in [-0.25, -0.2) is 0 Å². The topological polar surface area (TPSA) is 24.1 Å². The van der Waals surface area contributed by atoms with Crippen molar-refractivity contribution in [1.29, 1.82) is 0 Å². The van der Waals surface area contributed by atoms with Crippen LogP contribution in [-0.2, 0) is 0 Å². The van der Waals surface area contributed by atoms with E-state index in [1.165, 1.54) is 19.3 Å². The zero-order valence-corrected chi connectivity index (χ0v) is 13.7. The maximum atomic E-state index is 3.69.